The second-order valence-electron chi connectivity index (χ2n) is 4.96. The fraction of sp³-hybridized carbons (Fsp3) is 0.333. The van der Waals surface area contributed by atoms with Crippen molar-refractivity contribution in [3.8, 4) is 0 Å². The molecule has 1 saturated heterocycles. The molecule has 0 amide bonds. The molecule has 1 atom stereocenters. The molecular weight excluding hydrogens is 255 g/mol. The predicted molar refractivity (Wildman–Crippen MR) is 75.7 cm³/mol. The van der Waals surface area contributed by atoms with Crippen LogP contribution >= 0.6 is 0 Å². The summed E-state index contributed by atoms with van der Waals surface area (Å²) >= 11 is 0. The molecule has 1 aromatic carbocycles. The van der Waals surface area contributed by atoms with E-state index in [-0.39, 0.29) is 5.82 Å². The highest BCUT2D eigenvalue weighted by Crippen LogP contribution is 2.21. The van der Waals surface area contributed by atoms with Crippen LogP contribution in [0, 0.1) is 5.82 Å². The zero-order chi connectivity index (χ0) is 13.8. The second-order valence-corrected chi connectivity index (χ2v) is 4.96. The normalized spacial score (nSPS) is 18.1. The van der Waals surface area contributed by atoms with Crippen LogP contribution in [-0.2, 0) is 6.54 Å². The number of hydrogen-bond acceptors (Lipinski definition) is 4. The van der Waals surface area contributed by atoms with Gasteiger partial charge in [0.1, 0.15) is 11.6 Å². The molecule has 5 heteroatoms. The monoisotopic (exact) mass is 272 g/mol. The molecule has 1 fully saturated rings. The van der Waals surface area contributed by atoms with Gasteiger partial charge in [-0.3, -0.25) is 4.98 Å². The zero-order valence-corrected chi connectivity index (χ0v) is 11.1. The highest BCUT2D eigenvalue weighted by molar-refractivity contribution is 5.34. The highest BCUT2D eigenvalue weighted by atomic mass is 19.1. The number of halogens is 1. The van der Waals surface area contributed by atoms with Crippen LogP contribution in [0.2, 0.25) is 0 Å². The summed E-state index contributed by atoms with van der Waals surface area (Å²) < 4.78 is 13.1. The van der Waals surface area contributed by atoms with E-state index in [1.807, 2.05) is 6.07 Å². The SMILES string of the molecule is Fc1cccc(CNc2cncc([C@@H]3CCCN3)n2)c1. The molecule has 1 aliphatic heterocycles. The summed E-state index contributed by atoms with van der Waals surface area (Å²) in [4.78, 5) is 8.78. The molecule has 0 unspecified atom stereocenters. The van der Waals surface area contributed by atoms with Crippen molar-refractivity contribution in [3.63, 3.8) is 0 Å². The van der Waals surface area contributed by atoms with E-state index in [9.17, 15) is 4.39 Å². The summed E-state index contributed by atoms with van der Waals surface area (Å²) in [6.45, 7) is 1.57. The summed E-state index contributed by atoms with van der Waals surface area (Å²) in [6.07, 6.45) is 5.77. The van der Waals surface area contributed by atoms with Crippen LogP contribution in [-0.4, -0.2) is 16.5 Å². The lowest BCUT2D eigenvalue weighted by molar-refractivity contribution is 0.624. The van der Waals surface area contributed by atoms with E-state index in [1.54, 1.807) is 18.5 Å². The van der Waals surface area contributed by atoms with E-state index < -0.39 is 0 Å². The summed E-state index contributed by atoms with van der Waals surface area (Å²) in [6, 6.07) is 6.85. The van der Waals surface area contributed by atoms with Crippen LogP contribution in [0.15, 0.2) is 36.7 Å². The first-order chi connectivity index (χ1) is 9.81. The molecule has 1 aromatic heterocycles. The lowest BCUT2D eigenvalue weighted by Gasteiger charge is -2.11. The lowest BCUT2D eigenvalue weighted by Crippen LogP contribution is -2.15. The summed E-state index contributed by atoms with van der Waals surface area (Å²) in [5, 5.41) is 6.59. The van der Waals surface area contributed by atoms with Crippen molar-refractivity contribution in [2.75, 3.05) is 11.9 Å². The van der Waals surface area contributed by atoms with Crippen molar-refractivity contribution in [2.24, 2.45) is 0 Å². The minimum atomic E-state index is -0.223. The summed E-state index contributed by atoms with van der Waals surface area (Å²) in [5.41, 5.74) is 1.85. The summed E-state index contributed by atoms with van der Waals surface area (Å²) in [5.74, 6) is 0.500. The molecule has 4 nitrogen and oxygen atoms in total. The van der Waals surface area contributed by atoms with Crippen LogP contribution in [0.5, 0.6) is 0 Å². The Morgan fingerprint density at radius 2 is 2.30 bits per heavy atom. The van der Waals surface area contributed by atoms with E-state index in [1.165, 1.54) is 18.6 Å². The smallest absolute Gasteiger partial charge is 0.145 e. The number of nitrogens with zero attached hydrogens (tertiary/aromatic N) is 2. The fourth-order valence-electron chi connectivity index (χ4n) is 2.41. The third-order valence-corrected chi connectivity index (χ3v) is 3.43. The molecule has 0 aliphatic carbocycles. The molecule has 1 aliphatic rings. The van der Waals surface area contributed by atoms with Crippen LogP contribution in [0.25, 0.3) is 0 Å². The Morgan fingerprint density at radius 3 is 3.10 bits per heavy atom. The van der Waals surface area contributed by atoms with Gasteiger partial charge in [0.15, 0.2) is 0 Å². The van der Waals surface area contributed by atoms with Crippen molar-refractivity contribution >= 4 is 5.82 Å². The van der Waals surface area contributed by atoms with E-state index in [0.717, 1.165) is 30.0 Å². The van der Waals surface area contributed by atoms with Gasteiger partial charge in [-0.15, -0.1) is 0 Å². The Kier molecular flexibility index (Phi) is 3.87. The molecule has 2 heterocycles. The van der Waals surface area contributed by atoms with Crippen molar-refractivity contribution in [1.29, 1.82) is 0 Å². The largest absolute Gasteiger partial charge is 0.365 e. The number of anilines is 1. The van der Waals surface area contributed by atoms with Gasteiger partial charge in [0.25, 0.3) is 0 Å². The van der Waals surface area contributed by atoms with Gasteiger partial charge < -0.3 is 10.6 Å². The first-order valence-corrected chi connectivity index (χ1v) is 6.85. The maximum absolute atomic E-state index is 13.1. The van der Waals surface area contributed by atoms with E-state index >= 15 is 0 Å². The first kappa shape index (κ1) is 13.0. The Bertz CT molecular complexity index is 582. The highest BCUT2D eigenvalue weighted by Gasteiger charge is 2.17. The standard InChI is InChI=1S/C15H17FN4/c16-12-4-1-3-11(7-12)8-19-15-10-17-9-14(20-15)13-5-2-6-18-13/h1,3-4,7,9-10,13,18H,2,5-6,8H2,(H,19,20)/t13-/m0/s1. The minimum Gasteiger partial charge on any atom is -0.365 e. The van der Waals surface area contributed by atoms with Gasteiger partial charge in [-0.05, 0) is 37.1 Å². The van der Waals surface area contributed by atoms with Crippen molar-refractivity contribution < 1.29 is 4.39 Å². The van der Waals surface area contributed by atoms with Crippen molar-refractivity contribution in [3.05, 3.63) is 53.7 Å². The number of benzene rings is 1. The van der Waals surface area contributed by atoms with Crippen molar-refractivity contribution in [2.45, 2.75) is 25.4 Å². The number of rotatable bonds is 4. The van der Waals surface area contributed by atoms with Crippen molar-refractivity contribution in [1.82, 2.24) is 15.3 Å². The van der Waals surface area contributed by atoms with E-state index in [2.05, 4.69) is 20.6 Å². The molecule has 0 bridgehead atoms. The lowest BCUT2D eigenvalue weighted by atomic mass is 10.2. The van der Waals surface area contributed by atoms with Crippen LogP contribution in [0.1, 0.15) is 30.1 Å². The maximum Gasteiger partial charge on any atom is 0.145 e. The first-order valence-electron chi connectivity index (χ1n) is 6.85. The van der Waals surface area contributed by atoms with Gasteiger partial charge in [-0.1, -0.05) is 12.1 Å². The van der Waals surface area contributed by atoms with Crippen LogP contribution < -0.4 is 10.6 Å². The molecule has 3 rings (SSSR count). The van der Waals surface area contributed by atoms with Gasteiger partial charge in [-0.25, -0.2) is 9.37 Å². The third kappa shape index (κ3) is 3.11. The average Bonchev–Trinajstić information content (AvgIpc) is 3.00. The maximum atomic E-state index is 13.1. The number of hydrogen-bond donors (Lipinski definition) is 2. The molecule has 0 radical (unpaired) electrons. The zero-order valence-electron chi connectivity index (χ0n) is 11.1. The Balaban J connectivity index is 1.66. The van der Waals surface area contributed by atoms with Crippen LogP contribution in [0.4, 0.5) is 10.2 Å². The molecular formula is C15H17FN4. The molecule has 0 saturated carbocycles. The Hall–Kier alpha value is -2.01. The number of aromatic nitrogens is 2. The van der Waals surface area contributed by atoms with Crippen LogP contribution in [0.3, 0.4) is 0 Å². The van der Waals surface area contributed by atoms with E-state index in [4.69, 9.17) is 0 Å². The van der Waals surface area contributed by atoms with Gasteiger partial charge in [0.05, 0.1) is 24.1 Å². The minimum absolute atomic E-state index is 0.223. The van der Waals surface area contributed by atoms with Gasteiger partial charge in [0.2, 0.25) is 0 Å². The molecule has 104 valence electrons. The van der Waals surface area contributed by atoms with Gasteiger partial charge >= 0.3 is 0 Å². The quantitative estimate of drug-likeness (QED) is 0.898. The summed E-state index contributed by atoms with van der Waals surface area (Å²) in [7, 11) is 0. The molecule has 2 N–H and O–H groups in total. The molecule has 20 heavy (non-hydrogen) atoms. The third-order valence-electron chi connectivity index (χ3n) is 3.43. The Labute approximate surface area is 117 Å². The topological polar surface area (TPSA) is 49.8 Å². The molecule has 2 aromatic rings. The average molecular weight is 272 g/mol. The van der Waals surface area contributed by atoms with Gasteiger partial charge in [0, 0.05) is 6.54 Å². The fourth-order valence-corrected chi connectivity index (χ4v) is 2.41. The Morgan fingerprint density at radius 1 is 1.35 bits per heavy atom. The predicted octanol–water partition coefficient (Wildman–Crippen LogP) is 2.65. The van der Waals surface area contributed by atoms with Gasteiger partial charge in [-0.2, -0.15) is 0 Å². The second kappa shape index (κ2) is 5.96. The number of nitrogens with one attached hydrogen (secondary N) is 2. The molecule has 0 spiro atoms. The van der Waals surface area contributed by atoms with E-state index in [0.29, 0.717) is 12.6 Å².